The fraction of sp³-hybridized carbons (Fsp3) is 0.200. The third-order valence-corrected chi connectivity index (χ3v) is 3.02. The lowest BCUT2D eigenvalue weighted by atomic mass is 10.2. The van der Waals surface area contributed by atoms with E-state index in [2.05, 4.69) is 26.0 Å². The lowest BCUT2D eigenvalue weighted by Crippen LogP contribution is -2.07. The molecule has 16 heavy (non-hydrogen) atoms. The molecule has 0 fully saturated rings. The standard InChI is InChI=1S/C10H9BrClN3O/c11-8-2-1-7(9(12)3-8)4-15-10(5-16)13-6-14-15/h1-3,6,16H,4-5H2. The highest BCUT2D eigenvalue weighted by Gasteiger charge is 2.06. The summed E-state index contributed by atoms with van der Waals surface area (Å²) in [5.41, 5.74) is 0.935. The van der Waals surface area contributed by atoms with Crippen LogP contribution in [0.1, 0.15) is 11.4 Å². The average Bonchev–Trinajstić information content (AvgIpc) is 2.69. The van der Waals surface area contributed by atoms with Crippen molar-refractivity contribution in [2.24, 2.45) is 0 Å². The Labute approximate surface area is 106 Å². The Morgan fingerprint density at radius 3 is 2.94 bits per heavy atom. The molecule has 0 saturated carbocycles. The molecule has 1 aromatic carbocycles. The Morgan fingerprint density at radius 1 is 1.44 bits per heavy atom. The lowest BCUT2D eigenvalue weighted by Gasteiger charge is -2.06. The highest BCUT2D eigenvalue weighted by atomic mass is 79.9. The maximum Gasteiger partial charge on any atom is 0.152 e. The second-order valence-electron chi connectivity index (χ2n) is 3.23. The highest BCUT2D eigenvalue weighted by molar-refractivity contribution is 9.10. The topological polar surface area (TPSA) is 50.9 Å². The molecular weight excluding hydrogens is 293 g/mol. The van der Waals surface area contributed by atoms with Gasteiger partial charge >= 0.3 is 0 Å². The molecular formula is C10H9BrClN3O. The smallest absolute Gasteiger partial charge is 0.152 e. The first-order valence-electron chi connectivity index (χ1n) is 4.62. The summed E-state index contributed by atoms with van der Waals surface area (Å²) in [5, 5.41) is 13.7. The molecule has 0 unspecified atom stereocenters. The van der Waals surface area contributed by atoms with Crippen LogP contribution in [0.3, 0.4) is 0 Å². The number of rotatable bonds is 3. The molecule has 2 rings (SSSR count). The van der Waals surface area contributed by atoms with Gasteiger partial charge in [0.25, 0.3) is 0 Å². The summed E-state index contributed by atoms with van der Waals surface area (Å²) in [6.45, 7) is 0.371. The summed E-state index contributed by atoms with van der Waals surface area (Å²) < 4.78 is 2.55. The van der Waals surface area contributed by atoms with Crippen LogP contribution in [0.2, 0.25) is 5.02 Å². The molecule has 1 N–H and O–H groups in total. The minimum Gasteiger partial charge on any atom is -0.388 e. The molecule has 0 amide bonds. The van der Waals surface area contributed by atoms with Gasteiger partial charge in [-0.15, -0.1) is 0 Å². The van der Waals surface area contributed by atoms with E-state index in [-0.39, 0.29) is 6.61 Å². The maximum absolute atomic E-state index is 9.03. The first-order chi connectivity index (χ1) is 7.70. The Hall–Kier alpha value is -0.910. The van der Waals surface area contributed by atoms with E-state index in [4.69, 9.17) is 16.7 Å². The average molecular weight is 303 g/mol. The van der Waals surface area contributed by atoms with Crippen molar-refractivity contribution in [1.29, 1.82) is 0 Å². The van der Waals surface area contributed by atoms with Gasteiger partial charge in [-0.2, -0.15) is 5.10 Å². The van der Waals surface area contributed by atoms with Crippen LogP contribution in [0.4, 0.5) is 0 Å². The van der Waals surface area contributed by atoms with Crippen molar-refractivity contribution >= 4 is 27.5 Å². The molecule has 0 bridgehead atoms. The summed E-state index contributed by atoms with van der Waals surface area (Å²) in [4.78, 5) is 3.93. The van der Waals surface area contributed by atoms with Crippen LogP contribution in [0.5, 0.6) is 0 Å². The van der Waals surface area contributed by atoms with Gasteiger partial charge in [0, 0.05) is 9.50 Å². The normalized spacial score (nSPS) is 10.7. The molecule has 0 radical (unpaired) electrons. The molecule has 1 aromatic heterocycles. The third kappa shape index (κ3) is 2.42. The Balaban J connectivity index is 2.27. The van der Waals surface area contributed by atoms with Crippen molar-refractivity contribution in [1.82, 2.24) is 14.8 Å². The molecule has 0 aliphatic carbocycles. The molecule has 0 aliphatic heterocycles. The molecule has 2 aromatic rings. The number of aliphatic hydroxyl groups is 1. The number of benzene rings is 1. The molecule has 6 heteroatoms. The van der Waals surface area contributed by atoms with E-state index in [1.54, 1.807) is 4.68 Å². The van der Waals surface area contributed by atoms with Crippen LogP contribution >= 0.6 is 27.5 Å². The molecule has 0 saturated heterocycles. The van der Waals surface area contributed by atoms with E-state index in [0.717, 1.165) is 10.0 Å². The third-order valence-electron chi connectivity index (χ3n) is 2.17. The van der Waals surface area contributed by atoms with Crippen LogP contribution in [0, 0.1) is 0 Å². The Morgan fingerprint density at radius 2 is 2.25 bits per heavy atom. The van der Waals surface area contributed by atoms with Crippen molar-refractivity contribution in [3.8, 4) is 0 Å². The van der Waals surface area contributed by atoms with Crippen LogP contribution in [0.15, 0.2) is 29.0 Å². The number of aromatic nitrogens is 3. The Bertz CT molecular complexity index is 501. The number of aliphatic hydroxyl groups excluding tert-OH is 1. The van der Waals surface area contributed by atoms with Crippen LogP contribution in [-0.2, 0) is 13.2 Å². The zero-order valence-corrected chi connectivity index (χ0v) is 10.6. The lowest BCUT2D eigenvalue weighted by molar-refractivity contribution is 0.264. The first kappa shape index (κ1) is 11.6. The summed E-state index contributed by atoms with van der Waals surface area (Å²) in [7, 11) is 0. The van der Waals surface area contributed by atoms with Gasteiger partial charge in [0.2, 0.25) is 0 Å². The monoisotopic (exact) mass is 301 g/mol. The number of hydrogen-bond donors (Lipinski definition) is 1. The predicted molar refractivity (Wildman–Crippen MR) is 64.2 cm³/mol. The van der Waals surface area contributed by atoms with Crippen LogP contribution < -0.4 is 0 Å². The molecule has 1 heterocycles. The highest BCUT2D eigenvalue weighted by Crippen LogP contribution is 2.22. The molecule has 0 atom stereocenters. The van der Waals surface area contributed by atoms with Gasteiger partial charge in [0.05, 0.1) is 6.54 Å². The summed E-state index contributed by atoms with van der Waals surface area (Å²) in [5.74, 6) is 0.527. The van der Waals surface area contributed by atoms with Crippen molar-refractivity contribution in [3.05, 3.63) is 45.4 Å². The minimum atomic E-state index is -0.131. The second-order valence-corrected chi connectivity index (χ2v) is 4.55. The fourth-order valence-corrected chi connectivity index (χ4v) is 2.09. The maximum atomic E-state index is 9.03. The van der Waals surface area contributed by atoms with Crippen molar-refractivity contribution < 1.29 is 5.11 Å². The van der Waals surface area contributed by atoms with Gasteiger partial charge in [0.1, 0.15) is 12.9 Å². The van der Waals surface area contributed by atoms with E-state index in [1.807, 2.05) is 18.2 Å². The van der Waals surface area contributed by atoms with E-state index >= 15 is 0 Å². The van der Waals surface area contributed by atoms with Crippen molar-refractivity contribution in [3.63, 3.8) is 0 Å². The van der Waals surface area contributed by atoms with Gasteiger partial charge < -0.3 is 5.11 Å². The number of nitrogens with zero attached hydrogens (tertiary/aromatic N) is 3. The van der Waals surface area contributed by atoms with E-state index in [1.165, 1.54) is 6.33 Å². The first-order valence-corrected chi connectivity index (χ1v) is 5.79. The van der Waals surface area contributed by atoms with E-state index in [9.17, 15) is 0 Å². The Kier molecular flexibility index (Phi) is 3.58. The fourth-order valence-electron chi connectivity index (χ4n) is 1.35. The van der Waals surface area contributed by atoms with Gasteiger partial charge in [-0.3, -0.25) is 0 Å². The van der Waals surface area contributed by atoms with E-state index < -0.39 is 0 Å². The zero-order valence-electron chi connectivity index (χ0n) is 8.27. The number of halogens is 2. The largest absolute Gasteiger partial charge is 0.388 e. The number of hydrogen-bond acceptors (Lipinski definition) is 3. The summed E-state index contributed by atoms with van der Waals surface area (Å²) >= 11 is 9.43. The zero-order chi connectivity index (χ0) is 11.5. The summed E-state index contributed by atoms with van der Waals surface area (Å²) in [6.07, 6.45) is 1.41. The molecule has 4 nitrogen and oxygen atoms in total. The van der Waals surface area contributed by atoms with Gasteiger partial charge in [-0.1, -0.05) is 33.6 Å². The van der Waals surface area contributed by atoms with E-state index in [0.29, 0.717) is 17.4 Å². The SMILES string of the molecule is OCc1ncnn1Cc1ccc(Br)cc1Cl. The van der Waals surface area contributed by atoms with Crippen molar-refractivity contribution in [2.75, 3.05) is 0 Å². The molecule has 0 spiro atoms. The quantitative estimate of drug-likeness (QED) is 0.946. The van der Waals surface area contributed by atoms with Gasteiger partial charge in [-0.05, 0) is 17.7 Å². The van der Waals surface area contributed by atoms with Gasteiger partial charge in [-0.25, -0.2) is 9.67 Å². The summed E-state index contributed by atoms with van der Waals surface area (Å²) in [6, 6.07) is 5.65. The minimum absolute atomic E-state index is 0.131. The predicted octanol–water partition coefficient (Wildman–Crippen LogP) is 2.23. The van der Waals surface area contributed by atoms with Crippen molar-refractivity contribution in [2.45, 2.75) is 13.2 Å². The van der Waals surface area contributed by atoms with Crippen LogP contribution in [0.25, 0.3) is 0 Å². The molecule has 84 valence electrons. The van der Waals surface area contributed by atoms with Gasteiger partial charge in [0.15, 0.2) is 5.82 Å². The van der Waals surface area contributed by atoms with Crippen LogP contribution in [-0.4, -0.2) is 19.9 Å². The second kappa shape index (κ2) is 4.95. The molecule has 0 aliphatic rings.